The van der Waals surface area contributed by atoms with Gasteiger partial charge in [-0.1, -0.05) is 12.1 Å². The first-order chi connectivity index (χ1) is 11.1. The number of ether oxygens (including phenoxy) is 2. The molecule has 1 fully saturated rings. The largest absolute Gasteiger partial charge is 0.486 e. The standard InChI is InChI=1S/C18H23F2NO3/c1-16(2,3)24-15(22)21-10-8-17(9-11-21)12-18(19,20)13-6-4-5-7-14(13)23-17/h4-7H,8-12H2,1-3H3. The number of para-hydroxylation sites is 1. The van der Waals surface area contributed by atoms with Crippen molar-refractivity contribution in [1.82, 2.24) is 4.90 Å². The summed E-state index contributed by atoms with van der Waals surface area (Å²) in [6.45, 7) is 6.12. The van der Waals surface area contributed by atoms with E-state index in [0.29, 0.717) is 25.9 Å². The maximum atomic E-state index is 14.5. The second-order valence-corrected chi connectivity index (χ2v) is 7.63. The highest BCUT2D eigenvalue weighted by Gasteiger charge is 2.52. The molecule has 0 aromatic heterocycles. The second kappa shape index (κ2) is 5.60. The summed E-state index contributed by atoms with van der Waals surface area (Å²) >= 11 is 0. The third-order valence-corrected chi connectivity index (χ3v) is 4.48. The lowest BCUT2D eigenvalue weighted by atomic mass is 9.81. The van der Waals surface area contributed by atoms with Gasteiger partial charge in [0.25, 0.3) is 5.92 Å². The number of halogens is 2. The first-order valence-electron chi connectivity index (χ1n) is 8.25. The summed E-state index contributed by atoms with van der Waals surface area (Å²) in [5, 5.41) is 0. The van der Waals surface area contributed by atoms with Crippen LogP contribution in [0.25, 0.3) is 0 Å². The van der Waals surface area contributed by atoms with Gasteiger partial charge in [0.05, 0.1) is 12.0 Å². The number of nitrogens with zero attached hydrogens (tertiary/aromatic N) is 1. The molecule has 2 aliphatic heterocycles. The van der Waals surface area contributed by atoms with Crippen LogP contribution in [0.4, 0.5) is 13.6 Å². The minimum absolute atomic E-state index is 0.0507. The SMILES string of the molecule is CC(C)(C)OC(=O)N1CCC2(CC1)CC(F)(F)c1ccccc1O2. The van der Waals surface area contributed by atoms with Gasteiger partial charge in [0.1, 0.15) is 17.0 Å². The molecule has 0 unspecified atom stereocenters. The van der Waals surface area contributed by atoms with Gasteiger partial charge in [-0.25, -0.2) is 13.6 Å². The molecule has 3 rings (SSSR count). The Kier molecular flexibility index (Phi) is 3.97. The Bertz CT molecular complexity index is 631. The number of rotatable bonds is 0. The normalized spacial score (nSPS) is 21.8. The van der Waals surface area contributed by atoms with Crippen molar-refractivity contribution in [1.29, 1.82) is 0 Å². The monoisotopic (exact) mass is 339 g/mol. The van der Waals surface area contributed by atoms with Crippen LogP contribution in [0, 0.1) is 0 Å². The van der Waals surface area contributed by atoms with Gasteiger partial charge in [-0.05, 0) is 32.9 Å². The Morgan fingerprint density at radius 2 is 1.83 bits per heavy atom. The number of alkyl halides is 2. The molecule has 0 aliphatic carbocycles. The predicted octanol–water partition coefficient (Wildman–Crippen LogP) is 4.33. The summed E-state index contributed by atoms with van der Waals surface area (Å²) < 4.78 is 40.4. The van der Waals surface area contributed by atoms with E-state index >= 15 is 0 Å². The molecule has 4 nitrogen and oxygen atoms in total. The van der Waals surface area contributed by atoms with E-state index in [-0.39, 0.29) is 17.7 Å². The van der Waals surface area contributed by atoms with Gasteiger partial charge in [0.15, 0.2) is 0 Å². The fourth-order valence-electron chi connectivity index (χ4n) is 3.33. The fraction of sp³-hybridized carbons (Fsp3) is 0.611. The number of fused-ring (bicyclic) bond motifs is 1. The molecule has 2 heterocycles. The Labute approximate surface area is 140 Å². The summed E-state index contributed by atoms with van der Waals surface area (Å²) in [7, 11) is 0. The first-order valence-corrected chi connectivity index (χ1v) is 8.25. The molecule has 1 saturated heterocycles. The van der Waals surface area contributed by atoms with E-state index in [4.69, 9.17) is 9.47 Å². The van der Waals surface area contributed by atoms with Crippen LogP contribution >= 0.6 is 0 Å². The van der Waals surface area contributed by atoms with E-state index in [2.05, 4.69) is 0 Å². The van der Waals surface area contributed by atoms with Crippen LogP contribution in [0.5, 0.6) is 5.75 Å². The number of hydrogen-bond acceptors (Lipinski definition) is 3. The Hall–Kier alpha value is -1.85. The van der Waals surface area contributed by atoms with Gasteiger partial charge < -0.3 is 14.4 Å². The fourth-order valence-corrected chi connectivity index (χ4v) is 3.33. The summed E-state index contributed by atoms with van der Waals surface area (Å²) in [6, 6.07) is 6.30. The lowest BCUT2D eigenvalue weighted by molar-refractivity contribution is -0.124. The Morgan fingerprint density at radius 3 is 2.46 bits per heavy atom. The highest BCUT2D eigenvalue weighted by atomic mass is 19.3. The zero-order valence-corrected chi connectivity index (χ0v) is 14.3. The highest BCUT2D eigenvalue weighted by molar-refractivity contribution is 5.68. The minimum Gasteiger partial charge on any atom is -0.486 e. The lowest BCUT2D eigenvalue weighted by Gasteiger charge is -2.46. The first kappa shape index (κ1) is 17.0. The number of likely N-dealkylation sites (tertiary alicyclic amines) is 1. The summed E-state index contributed by atoms with van der Waals surface area (Å²) in [5.41, 5.74) is -1.54. The van der Waals surface area contributed by atoms with Crippen molar-refractivity contribution in [3.63, 3.8) is 0 Å². The average molecular weight is 339 g/mol. The molecule has 6 heteroatoms. The number of hydrogen-bond donors (Lipinski definition) is 0. The minimum atomic E-state index is -2.91. The summed E-state index contributed by atoms with van der Waals surface area (Å²) in [6.07, 6.45) is -0.00813. The number of piperidine rings is 1. The molecule has 0 radical (unpaired) electrons. The quantitative estimate of drug-likeness (QED) is 0.706. The molecule has 1 spiro atoms. The van der Waals surface area contributed by atoms with Crippen LogP contribution in [0.1, 0.15) is 45.6 Å². The lowest BCUT2D eigenvalue weighted by Crippen LogP contribution is -2.54. The van der Waals surface area contributed by atoms with Crippen molar-refractivity contribution < 1.29 is 23.0 Å². The molecule has 24 heavy (non-hydrogen) atoms. The van der Waals surface area contributed by atoms with E-state index in [1.807, 2.05) is 0 Å². The Morgan fingerprint density at radius 1 is 1.21 bits per heavy atom. The maximum Gasteiger partial charge on any atom is 0.410 e. The highest BCUT2D eigenvalue weighted by Crippen LogP contribution is 2.50. The third-order valence-electron chi connectivity index (χ3n) is 4.48. The summed E-state index contributed by atoms with van der Waals surface area (Å²) in [5.74, 6) is -2.66. The van der Waals surface area contributed by atoms with E-state index in [1.165, 1.54) is 6.07 Å². The molecule has 1 aromatic carbocycles. The number of benzene rings is 1. The van der Waals surface area contributed by atoms with Crippen molar-refractivity contribution >= 4 is 6.09 Å². The van der Waals surface area contributed by atoms with Crippen LogP contribution in [-0.4, -0.2) is 35.3 Å². The van der Waals surface area contributed by atoms with Crippen LogP contribution < -0.4 is 4.74 Å². The molecular weight excluding hydrogens is 316 g/mol. The molecule has 132 valence electrons. The number of amides is 1. The summed E-state index contributed by atoms with van der Waals surface area (Å²) in [4.78, 5) is 13.7. The van der Waals surface area contributed by atoms with Gasteiger partial charge in [0.2, 0.25) is 0 Å². The Balaban J connectivity index is 1.71. The molecule has 0 saturated carbocycles. The van der Waals surface area contributed by atoms with Crippen LogP contribution in [0.15, 0.2) is 24.3 Å². The van der Waals surface area contributed by atoms with Crippen molar-refractivity contribution in [2.45, 2.75) is 57.2 Å². The average Bonchev–Trinajstić information content (AvgIpc) is 2.45. The third kappa shape index (κ3) is 3.32. The van der Waals surface area contributed by atoms with E-state index in [9.17, 15) is 13.6 Å². The van der Waals surface area contributed by atoms with Crippen LogP contribution in [0.2, 0.25) is 0 Å². The molecule has 0 atom stereocenters. The topological polar surface area (TPSA) is 38.8 Å². The maximum absolute atomic E-state index is 14.5. The number of carbonyl (C=O) groups excluding carboxylic acids is 1. The van der Waals surface area contributed by atoms with Crippen molar-refractivity contribution in [2.24, 2.45) is 0 Å². The zero-order valence-electron chi connectivity index (χ0n) is 14.3. The van der Waals surface area contributed by atoms with Gasteiger partial charge in [-0.2, -0.15) is 0 Å². The molecule has 1 aromatic rings. The second-order valence-electron chi connectivity index (χ2n) is 7.63. The van der Waals surface area contributed by atoms with Gasteiger partial charge in [0, 0.05) is 25.9 Å². The predicted molar refractivity (Wildman–Crippen MR) is 85.4 cm³/mol. The van der Waals surface area contributed by atoms with Gasteiger partial charge >= 0.3 is 6.09 Å². The molecule has 2 aliphatic rings. The van der Waals surface area contributed by atoms with Crippen LogP contribution in [0.3, 0.4) is 0 Å². The van der Waals surface area contributed by atoms with Gasteiger partial charge in [-0.15, -0.1) is 0 Å². The molecule has 1 amide bonds. The smallest absolute Gasteiger partial charge is 0.410 e. The zero-order chi connectivity index (χ0) is 17.6. The van der Waals surface area contributed by atoms with E-state index in [1.54, 1.807) is 43.9 Å². The molecule has 0 bridgehead atoms. The van der Waals surface area contributed by atoms with E-state index in [0.717, 1.165) is 0 Å². The van der Waals surface area contributed by atoms with Crippen molar-refractivity contribution in [3.8, 4) is 5.75 Å². The van der Waals surface area contributed by atoms with Gasteiger partial charge in [-0.3, -0.25) is 0 Å². The number of carbonyl (C=O) groups is 1. The van der Waals surface area contributed by atoms with Crippen LogP contribution in [-0.2, 0) is 10.7 Å². The van der Waals surface area contributed by atoms with E-state index < -0.39 is 23.2 Å². The van der Waals surface area contributed by atoms with Crippen molar-refractivity contribution in [2.75, 3.05) is 13.1 Å². The molecular formula is C18H23F2NO3. The molecule has 0 N–H and O–H groups in total. The van der Waals surface area contributed by atoms with Crippen molar-refractivity contribution in [3.05, 3.63) is 29.8 Å².